The van der Waals surface area contributed by atoms with Crippen LogP contribution >= 0.6 is 11.6 Å². The highest BCUT2D eigenvalue weighted by atomic mass is 35.5. The molecule has 1 aromatic carbocycles. The van der Waals surface area contributed by atoms with E-state index in [9.17, 15) is 22.0 Å². The standard InChI is InChI=1S/C9H6ClF5O/c1-4-2-5(16-8(11)12)3-6(7(4)10)9(13,14)15/h2-3,8H,1H3. The van der Waals surface area contributed by atoms with E-state index < -0.39 is 29.1 Å². The highest BCUT2D eigenvalue weighted by Gasteiger charge is 2.34. The van der Waals surface area contributed by atoms with Crippen LogP contribution in [0.3, 0.4) is 0 Å². The topological polar surface area (TPSA) is 9.23 Å². The van der Waals surface area contributed by atoms with Crippen LogP contribution in [0.5, 0.6) is 5.75 Å². The quantitative estimate of drug-likeness (QED) is 0.722. The van der Waals surface area contributed by atoms with Crippen LogP contribution in [0, 0.1) is 6.92 Å². The number of rotatable bonds is 2. The van der Waals surface area contributed by atoms with Crippen molar-refractivity contribution >= 4 is 11.6 Å². The first-order chi connectivity index (χ1) is 7.21. The largest absolute Gasteiger partial charge is 0.435 e. The van der Waals surface area contributed by atoms with Crippen LogP contribution in [-0.4, -0.2) is 6.61 Å². The van der Waals surface area contributed by atoms with Crippen LogP contribution in [-0.2, 0) is 6.18 Å². The number of ether oxygens (including phenoxy) is 1. The molecule has 1 rings (SSSR count). The molecule has 0 saturated carbocycles. The van der Waals surface area contributed by atoms with Crippen molar-refractivity contribution in [3.05, 3.63) is 28.3 Å². The van der Waals surface area contributed by atoms with E-state index in [1.807, 2.05) is 0 Å². The van der Waals surface area contributed by atoms with E-state index in [-0.39, 0.29) is 5.56 Å². The van der Waals surface area contributed by atoms with Crippen molar-refractivity contribution in [3.8, 4) is 5.75 Å². The summed E-state index contributed by atoms with van der Waals surface area (Å²) in [5, 5.41) is -0.519. The monoisotopic (exact) mass is 260 g/mol. The zero-order valence-corrected chi connectivity index (χ0v) is 8.66. The summed E-state index contributed by atoms with van der Waals surface area (Å²) >= 11 is 5.42. The Morgan fingerprint density at radius 1 is 1.25 bits per heavy atom. The Hall–Kier alpha value is -1.04. The van der Waals surface area contributed by atoms with Gasteiger partial charge in [0.15, 0.2) is 0 Å². The van der Waals surface area contributed by atoms with E-state index in [0.29, 0.717) is 6.07 Å². The summed E-state index contributed by atoms with van der Waals surface area (Å²) in [6, 6.07) is 1.46. The molecule has 0 aliphatic rings. The third-order valence-corrected chi connectivity index (χ3v) is 2.26. The van der Waals surface area contributed by atoms with Gasteiger partial charge in [0.05, 0.1) is 10.6 Å². The Kier molecular flexibility index (Phi) is 3.62. The van der Waals surface area contributed by atoms with E-state index in [4.69, 9.17) is 11.6 Å². The molecule has 0 atom stereocenters. The molecule has 0 bridgehead atoms. The highest BCUT2D eigenvalue weighted by Crippen LogP contribution is 2.38. The number of benzene rings is 1. The number of aryl methyl sites for hydroxylation is 1. The third kappa shape index (κ3) is 2.98. The summed E-state index contributed by atoms with van der Waals surface area (Å²) < 4.78 is 64.8. The van der Waals surface area contributed by atoms with Gasteiger partial charge in [0.2, 0.25) is 0 Å². The molecule has 0 radical (unpaired) electrons. The van der Waals surface area contributed by atoms with Crippen molar-refractivity contribution in [2.75, 3.05) is 0 Å². The minimum Gasteiger partial charge on any atom is -0.435 e. The molecule has 7 heteroatoms. The molecule has 0 aliphatic carbocycles. The van der Waals surface area contributed by atoms with Gasteiger partial charge in [-0.3, -0.25) is 0 Å². The maximum Gasteiger partial charge on any atom is 0.417 e. The van der Waals surface area contributed by atoms with E-state index in [1.54, 1.807) is 0 Å². The zero-order valence-electron chi connectivity index (χ0n) is 7.91. The normalized spacial score (nSPS) is 12.0. The van der Waals surface area contributed by atoms with Gasteiger partial charge in [0.1, 0.15) is 5.75 Å². The van der Waals surface area contributed by atoms with Crippen molar-refractivity contribution in [1.82, 2.24) is 0 Å². The van der Waals surface area contributed by atoms with Gasteiger partial charge in [-0.2, -0.15) is 22.0 Å². The maximum absolute atomic E-state index is 12.4. The first kappa shape index (κ1) is 13.0. The molecule has 0 fully saturated rings. The minimum atomic E-state index is -4.71. The molecule has 0 saturated heterocycles. The van der Waals surface area contributed by atoms with Gasteiger partial charge in [-0.1, -0.05) is 11.6 Å². The predicted octanol–water partition coefficient (Wildman–Crippen LogP) is 4.27. The van der Waals surface area contributed by atoms with Crippen molar-refractivity contribution in [2.45, 2.75) is 19.7 Å². The first-order valence-corrected chi connectivity index (χ1v) is 4.41. The zero-order chi connectivity index (χ0) is 12.5. The second kappa shape index (κ2) is 4.45. The highest BCUT2D eigenvalue weighted by molar-refractivity contribution is 6.32. The molecule has 1 aromatic rings. The van der Waals surface area contributed by atoms with Gasteiger partial charge < -0.3 is 4.74 Å². The third-order valence-electron chi connectivity index (χ3n) is 1.76. The Morgan fingerprint density at radius 3 is 2.25 bits per heavy atom. The molecular weight excluding hydrogens is 255 g/mol. The molecular formula is C9H6ClF5O. The maximum atomic E-state index is 12.4. The van der Waals surface area contributed by atoms with Gasteiger partial charge in [-0.15, -0.1) is 0 Å². The van der Waals surface area contributed by atoms with Crippen LogP contribution in [0.1, 0.15) is 11.1 Å². The predicted molar refractivity (Wildman–Crippen MR) is 47.8 cm³/mol. The second-order valence-electron chi connectivity index (χ2n) is 2.98. The summed E-state index contributed by atoms with van der Waals surface area (Å²) in [6.07, 6.45) is -4.71. The Bertz CT molecular complexity index is 388. The van der Waals surface area contributed by atoms with Crippen molar-refractivity contribution < 1.29 is 26.7 Å². The molecule has 0 amide bonds. The smallest absolute Gasteiger partial charge is 0.417 e. The van der Waals surface area contributed by atoms with Crippen LogP contribution in [0.2, 0.25) is 5.02 Å². The SMILES string of the molecule is Cc1cc(OC(F)F)cc(C(F)(F)F)c1Cl. The van der Waals surface area contributed by atoms with E-state index in [1.165, 1.54) is 6.92 Å². The number of hydrogen-bond acceptors (Lipinski definition) is 1. The molecule has 0 spiro atoms. The average Bonchev–Trinajstić information content (AvgIpc) is 2.08. The van der Waals surface area contributed by atoms with E-state index >= 15 is 0 Å². The molecule has 90 valence electrons. The van der Waals surface area contributed by atoms with Crippen molar-refractivity contribution in [1.29, 1.82) is 0 Å². The van der Waals surface area contributed by atoms with Crippen molar-refractivity contribution in [3.63, 3.8) is 0 Å². The van der Waals surface area contributed by atoms with Crippen LogP contribution in [0.4, 0.5) is 22.0 Å². The molecule has 0 heterocycles. The fraction of sp³-hybridized carbons (Fsp3) is 0.333. The van der Waals surface area contributed by atoms with Gasteiger partial charge in [0.25, 0.3) is 0 Å². The molecule has 0 unspecified atom stereocenters. The molecule has 16 heavy (non-hydrogen) atoms. The minimum absolute atomic E-state index is 0.0205. The lowest BCUT2D eigenvalue weighted by molar-refractivity contribution is -0.138. The lowest BCUT2D eigenvalue weighted by atomic mass is 10.1. The van der Waals surface area contributed by atoms with Gasteiger partial charge in [0, 0.05) is 0 Å². The molecule has 0 aromatic heterocycles. The number of hydrogen-bond donors (Lipinski definition) is 0. The summed E-state index contributed by atoms with van der Waals surface area (Å²) in [5.41, 5.74) is -1.17. The lowest BCUT2D eigenvalue weighted by Crippen LogP contribution is -2.09. The molecule has 0 aliphatic heterocycles. The summed E-state index contributed by atoms with van der Waals surface area (Å²) in [4.78, 5) is 0. The molecule has 1 nitrogen and oxygen atoms in total. The van der Waals surface area contributed by atoms with Gasteiger partial charge in [-0.05, 0) is 24.6 Å². The first-order valence-electron chi connectivity index (χ1n) is 4.04. The fourth-order valence-corrected chi connectivity index (χ4v) is 1.33. The fourth-order valence-electron chi connectivity index (χ4n) is 1.11. The van der Waals surface area contributed by atoms with Gasteiger partial charge >= 0.3 is 12.8 Å². The van der Waals surface area contributed by atoms with E-state index in [2.05, 4.69) is 4.74 Å². The van der Waals surface area contributed by atoms with Crippen molar-refractivity contribution in [2.24, 2.45) is 0 Å². The summed E-state index contributed by atoms with van der Waals surface area (Å²) in [5.74, 6) is -0.566. The molecule has 0 N–H and O–H groups in total. The van der Waals surface area contributed by atoms with Crippen LogP contribution in [0.25, 0.3) is 0 Å². The average molecular weight is 261 g/mol. The van der Waals surface area contributed by atoms with Crippen LogP contribution < -0.4 is 4.74 Å². The Labute approximate surface area is 92.8 Å². The summed E-state index contributed by atoms with van der Waals surface area (Å²) in [6.45, 7) is -1.91. The number of halogens is 6. The Balaban J connectivity index is 3.23. The second-order valence-corrected chi connectivity index (χ2v) is 3.36. The lowest BCUT2D eigenvalue weighted by Gasteiger charge is -2.13. The van der Waals surface area contributed by atoms with E-state index in [0.717, 1.165) is 6.07 Å². The Morgan fingerprint density at radius 2 is 1.81 bits per heavy atom. The summed E-state index contributed by atoms with van der Waals surface area (Å²) in [7, 11) is 0. The van der Waals surface area contributed by atoms with Crippen LogP contribution in [0.15, 0.2) is 12.1 Å². The van der Waals surface area contributed by atoms with Gasteiger partial charge in [-0.25, -0.2) is 0 Å². The number of alkyl halides is 5.